The van der Waals surface area contributed by atoms with Crippen LogP contribution in [-0.2, 0) is 13.5 Å². The van der Waals surface area contributed by atoms with Gasteiger partial charge in [0.2, 0.25) is 0 Å². The summed E-state index contributed by atoms with van der Waals surface area (Å²) in [7, 11) is 1.99. The number of fused-ring (bicyclic) bond motifs is 1. The van der Waals surface area contributed by atoms with Crippen molar-refractivity contribution in [2.45, 2.75) is 25.8 Å². The Hall–Kier alpha value is -0.990. The lowest BCUT2D eigenvalue weighted by Gasteiger charge is -2.08. The molecule has 0 saturated heterocycles. The van der Waals surface area contributed by atoms with Crippen molar-refractivity contribution in [3.63, 3.8) is 0 Å². The van der Waals surface area contributed by atoms with E-state index in [4.69, 9.17) is 17.3 Å². The Morgan fingerprint density at radius 2 is 2.06 bits per heavy atom. The normalized spacial score (nSPS) is 13.2. The molecule has 86 valence electrons. The van der Waals surface area contributed by atoms with E-state index in [0.717, 1.165) is 18.0 Å². The summed E-state index contributed by atoms with van der Waals surface area (Å²) in [6.45, 7) is 2.10. The van der Waals surface area contributed by atoms with Gasteiger partial charge in [-0.2, -0.15) is 0 Å². The lowest BCUT2D eigenvalue weighted by atomic mass is 10.0. The molecule has 1 aromatic heterocycles. The Kier molecular flexibility index (Phi) is 3.22. The van der Waals surface area contributed by atoms with E-state index in [2.05, 4.69) is 19.1 Å². The maximum absolute atomic E-state index is 6.35. The monoisotopic (exact) mass is 236 g/mol. The molecule has 16 heavy (non-hydrogen) atoms. The zero-order valence-corrected chi connectivity index (χ0v) is 10.5. The number of benzene rings is 1. The van der Waals surface area contributed by atoms with E-state index in [1.54, 1.807) is 0 Å². The Labute approximate surface area is 101 Å². The molecule has 3 heteroatoms. The van der Waals surface area contributed by atoms with Crippen LogP contribution < -0.4 is 5.73 Å². The molecule has 0 amide bonds. The Balaban J connectivity index is 2.55. The first-order valence-electron chi connectivity index (χ1n) is 5.62. The SMILES string of the molecule is CCC(N)Cc1c(Cl)n(C)c2ccccc12. The van der Waals surface area contributed by atoms with Crippen LogP contribution in [0.25, 0.3) is 10.9 Å². The van der Waals surface area contributed by atoms with Crippen LogP contribution in [0.1, 0.15) is 18.9 Å². The fraction of sp³-hybridized carbons (Fsp3) is 0.385. The molecule has 0 aliphatic heterocycles. The van der Waals surface area contributed by atoms with Crippen LogP contribution in [0.2, 0.25) is 5.15 Å². The maximum Gasteiger partial charge on any atom is 0.113 e. The van der Waals surface area contributed by atoms with Crippen LogP contribution in [-0.4, -0.2) is 10.6 Å². The molecule has 0 aliphatic rings. The van der Waals surface area contributed by atoms with Crippen LogP contribution in [0.4, 0.5) is 0 Å². The first kappa shape index (κ1) is 11.5. The van der Waals surface area contributed by atoms with Gasteiger partial charge < -0.3 is 10.3 Å². The third kappa shape index (κ3) is 1.83. The molecular formula is C13H17ClN2. The zero-order valence-electron chi connectivity index (χ0n) is 9.70. The average Bonchev–Trinajstić information content (AvgIpc) is 2.55. The number of halogens is 1. The number of rotatable bonds is 3. The van der Waals surface area contributed by atoms with Gasteiger partial charge in [-0.1, -0.05) is 36.7 Å². The highest BCUT2D eigenvalue weighted by molar-refractivity contribution is 6.32. The smallest absolute Gasteiger partial charge is 0.113 e. The lowest BCUT2D eigenvalue weighted by Crippen LogP contribution is -2.21. The molecule has 0 radical (unpaired) electrons. The van der Waals surface area contributed by atoms with E-state index in [1.165, 1.54) is 16.5 Å². The van der Waals surface area contributed by atoms with E-state index in [9.17, 15) is 0 Å². The van der Waals surface area contributed by atoms with Crippen molar-refractivity contribution in [2.75, 3.05) is 0 Å². The molecule has 1 heterocycles. The number of hydrogen-bond acceptors (Lipinski definition) is 1. The number of nitrogens with zero attached hydrogens (tertiary/aromatic N) is 1. The van der Waals surface area contributed by atoms with Gasteiger partial charge >= 0.3 is 0 Å². The molecular weight excluding hydrogens is 220 g/mol. The summed E-state index contributed by atoms with van der Waals surface area (Å²) in [5.41, 5.74) is 8.35. The van der Waals surface area contributed by atoms with Gasteiger partial charge in [0.05, 0.1) is 0 Å². The van der Waals surface area contributed by atoms with Crippen molar-refractivity contribution in [3.05, 3.63) is 35.0 Å². The summed E-state index contributed by atoms with van der Waals surface area (Å²) >= 11 is 6.35. The number of aryl methyl sites for hydroxylation is 1. The summed E-state index contributed by atoms with van der Waals surface area (Å²) in [5.74, 6) is 0. The van der Waals surface area contributed by atoms with Crippen LogP contribution in [0.15, 0.2) is 24.3 Å². The van der Waals surface area contributed by atoms with E-state index in [0.29, 0.717) is 0 Å². The lowest BCUT2D eigenvalue weighted by molar-refractivity contribution is 0.647. The minimum atomic E-state index is 0.184. The van der Waals surface area contributed by atoms with Gasteiger partial charge in [0.25, 0.3) is 0 Å². The molecule has 2 N–H and O–H groups in total. The van der Waals surface area contributed by atoms with Crippen molar-refractivity contribution < 1.29 is 0 Å². The molecule has 1 atom stereocenters. The third-order valence-electron chi connectivity index (χ3n) is 3.12. The Bertz CT molecular complexity index is 502. The molecule has 2 rings (SSSR count). The van der Waals surface area contributed by atoms with Crippen LogP contribution >= 0.6 is 11.6 Å². The predicted molar refractivity (Wildman–Crippen MR) is 69.9 cm³/mol. The van der Waals surface area contributed by atoms with E-state index in [-0.39, 0.29) is 6.04 Å². The zero-order chi connectivity index (χ0) is 11.7. The standard InChI is InChI=1S/C13H17ClN2/c1-3-9(15)8-11-10-6-4-5-7-12(10)16(2)13(11)14/h4-7,9H,3,8,15H2,1-2H3. The summed E-state index contributed by atoms with van der Waals surface area (Å²) < 4.78 is 2.02. The van der Waals surface area contributed by atoms with Crippen molar-refractivity contribution in [1.82, 2.24) is 4.57 Å². The minimum absolute atomic E-state index is 0.184. The summed E-state index contributed by atoms with van der Waals surface area (Å²) in [5, 5.41) is 2.03. The van der Waals surface area contributed by atoms with Gasteiger partial charge in [-0.05, 0) is 24.5 Å². The van der Waals surface area contributed by atoms with Gasteiger partial charge in [0.1, 0.15) is 5.15 Å². The van der Waals surface area contributed by atoms with Gasteiger partial charge in [-0.3, -0.25) is 0 Å². The second kappa shape index (κ2) is 4.48. The molecule has 1 unspecified atom stereocenters. The first-order valence-corrected chi connectivity index (χ1v) is 6.00. The molecule has 0 fully saturated rings. The molecule has 0 bridgehead atoms. The Morgan fingerprint density at radius 1 is 1.38 bits per heavy atom. The van der Waals surface area contributed by atoms with Gasteiger partial charge in [-0.25, -0.2) is 0 Å². The average molecular weight is 237 g/mol. The highest BCUT2D eigenvalue weighted by Gasteiger charge is 2.14. The fourth-order valence-electron chi connectivity index (χ4n) is 2.04. The van der Waals surface area contributed by atoms with Crippen molar-refractivity contribution in [2.24, 2.45) is 12.8 Å². The van der Waals surface area contributed by atoms with Crippen LogP contribution in [0.3, 0.4) is 0 Å². The highest BCUT2D eigenvalue weighted by atomic mass is 35.5. The first-order chi connectivity index (χ1) is 7.65. The van der Waals surface area contributed by atoms with E-state index < -0.39 is 0 Å². The van der Waals surface area contributed by atoms with Crippen molar-refractivity contribution in [1.29, 1.82) is 0 Å². The predicted octanol–water partition coefficient (Wildman–Crippen LogP) is 3.11. The topological polar surface area (TPSA) is 30.9 Å². The largest absolute Gasteiger partial charge is 0.335 e. The fourth-order valence-corrected chi connectivity index (χ4v) is 2.31. The second-order valence-electron chi connectivity index (χ2n) is 4.22. The molecule has 0 saturated carbocycles. The summed E-state index contributed by atoms with van der Waals surface area (Å²) in [6.07, 6.45) is 1.82. The molecule has 2 aromatic rings. The van der Waals surface area contributed by atoms with Crippen LogP contribution in [0.5, 0.6) is 0 Å². The molecule has 1 aromatic carbocycles. The van der Waals surface area contributed by atoms with Gasteiger partial charge in [0, 0.05) is 24.0 Å². The van der Waals surface area contributed by atoms with E-state index in [1.807, 2.05) is 23.7 Å². The van der Waals surface area contributed by atoms with Crippen LogP contribution in [0, 0.1) is 0 Å². The Morgan fingerprint density at radius 3 is 2.75 bits per heavy atom. The maximum atomic E-state index is 6.35. The molecule has 0 aliphatic carbocycles. The number of para-hydroxylation sites is 1. The third-order valence-corrected chi connectivity index (χ3v) is 3.61. The summed E-state index contributed by atoms with van der Waals surface area (Å²) in [4.78, 5) is 0. The van der Waals surface area contributed by atoms with Gasteiger partial charge in [-0.15, -0.1) is 0 Å². The number of hydrogen-bond donors (Lipinski definition) is 1. The number of aromatic nitrogens is 1. The summed E-state index contributed by atoms with van der Waals surface area (Å²) in [6, 6.07) is 8.45. The molecule has 2 nitrogen and oxygen atoms in total. The highest BCUT2D eigenvalue weighted by Crippen LogP contribution is 2.29. The van der Waals surface area contributed by atoms with Crippen molar-refractivity contribution >= 4 is 22.5 Å². The quantitative estimate of drug-likeness (QED) is 0.872. The van der Waals surface area contributed by atoms with Gasteiger partial charge in [0.15, 0.2) is 0 Å². The van der Waals surface area contributed by atoms with E-state index >= 15 is 0 Å². The minimum Gasteiger partial charge on any atom is -0.335 e. The van der Waals surface area contributed by atoms with Crippen molar-refractivity contribution in [3.8, 4) is 0 Å². The molecule has 0 spiro atoms. The number of nitrogens with two attached hydrogens (primary N) is 1. The second-order valence-corrected chi connectivity index (χ2v) is 4.58.